The van der Waals surface area contributed by atoms with Crippen LogP contribution in [0.4, 0.5) is 4.39 Å². The molecule has 126 valence electrons. The zero-order chi connectivity index (χ0) is 16.5. The average Bonchev–Trinajstić information content (AvgIpc) is 3.22. The van der Waals surface area contributed by atoms with Gasteiger partial charge < -0.3 is 4.57 Å². The van der Waals surface area contributed by atoms with Gasteiger partial charge in [0.15, 0.2) is 0 Å². The van der Waals surface area contributed by atoms with Gasteiger partial charge in [0.2, 0.25) is 0 Å². The molecule has 1 N–H and O–H groups in total. The van der Waals surface area contributed by atoms with E-state index in [4.69, 9.17) is 0 Å². The molecule has 0 bridgehead atoms. The molecule has 1 aliphatic heterocycles. The number of halogens is 1. The van der Waals surface area contributed by atoms with Gasteiger partial charge in [-0.15, -0.1) is 0 Å². The number of likely N-dealkylation sites (tertiary alicyclic amines) is 1. The SMILES string of the molecule is CCn1c(CN2CCC[C@@H](c3ccn[nH]3)C2)nc2cc(F)ccc21. The quantitative estimate of drug-likeness (QED) is 0.800. The van der Waals surface area contributed by atoms with Crippen molar-refractivity contribution in [1.29, 1.82) is 0 Å². The van der Waals surface area contributed by atoms with Crippen LogP contribution in [0.2, 0.25) is 0 Å². The van der Waals surface area contributed by atoms with Gasteiger partial charge in [0.25, 0.3) is 0 Å². The molecule has 0 radical (unpaired) electrons. The fraction of sp³-hybridized carbons (Fsp3) is 0.444. The van der Waals surface area contributed by atoms with Crippen LogP contribution in [0.1, 0.15) is 37.2 Å². The molecule has 4 rings (SSSR count). The highest BCUT2D eigenvalue weighted by atomic mass is 19.1. The van der Waals surface area contributed by atoms with Gasteiger partial charge in [0.1, 0.15) is 11.6 Å². The molecule has 2 aromatic heterocycles. The van der Waals surface area contributed by atoms with Gasteiger partial charge in [0.05, 0.1) is 17.6 Å². The maximum absolute atomic E-state index is 13.5. The minimum absolute atomic E-state index is 0.230. The second-order valence-electron chi connectivity index (χ2n) is 6.49. The number of rotatable bonds is 4. The molecule has 1 atom stereocenters. The molecular formula is C18H22FN5. The number of benzene rings is 1. The van der Waals surface area contributed by atoms with E-state index in [2.05, 4.69) is 37.6 Å². The van der Waals surface area contributed by atoms with Crippen molar-refractivity contribution in [1.82, 2.24) is 24.6 Å². The van der Waals surface area contributed by atoms with Crippen molar-refractivity contribution >= 4 is 11.0 Å². The molecule has 0 aliphatic carbocycles. The van der Waals surface area contributed by atoms with E-state index in [9.17, 15) is 4.39 Å². The Morgan fingerprint density at radius 3 is 3.04 bits per heavy atom. The lowest BCUT2D eigenvalue weighted by Gasteiger charge is -2.31. The molecular weight excluding hydrogens is 305 g/mol. The average molecular weight is 327 g/mol. The van der Waals surface area contributed by atoms with Crippen LogP contribution in [-0.4, -0.2) is 37.7 Å². The minimum Gasteiger partial charge on any atom is -0.327 e. The summed E-state index contributed by atoms with van der Waals surface area (Å²) in [5, 5.41) is 7.18. The Hall–Kier alpha value is -2.21. The van der Waals surface area contributed by atoms with E-state index in [1.165, 1.54) is 30.7 Å². The van der Waals surface area contributed by atoms with Crippen LogP contribution in [0.5, 0.6) is 0 Å². The highest BCUT2D eigenvalue weighted by Crippen LogP contribution is 2.27. The Balaban J connectivity index is 1.57. The van der Waals surface area contributed by atoms with Crippen molar-refractivity contribution in [2.45, 2.75) is 38.8 Å². The Morgan fingerprint density at radius 2 is 2.25 bits per heavy atom. The van der Waals surface area contributed by atoms with Gasteiger partial charge in [-0.25, -0.2) is 9.37 Å². The first-order valence-corrected chi connectivity index (χ1v) is 8.61. The van der Waals surface area contributed by atoms with Gasteiger partial charge in [-0.1, -0.05) is 0 Å². The van der Waals surface area contributed by atoms with Crippen LogP contribution < -0.4 is 0 Å². The molecule has 0 spiro atoms. The summed E-state index contributed by atoms with van der Waals surface area (Å²) in [6.07, 6.45) is 4.18. The number of hydrogen-bond acceptors (Lipinski definition) is 3. The summed E-state index contributed by atoms with van der Waals surface area (Å²) in [4.78, 5) is 7.13. The summed E-state index contributed by atoms with van der Waals surface area (Å²) in [6, 6.07) is 6.93. The van der Waals surface area contributed by atoms with Gasteiger partial charge in [-0.3, -0.25) is 10.00 Å². The molecule has 0 saturated carbocycles. The normalized spacial score (nSPS) is 19.2. The lowest BCUT2D eigenvalue weighted by atomic mass is 9.95. The predicted octanol–water partition coefficient (Wildman–Crippen LogP) is 3.30. The van der Waals surface area contributed by atoms with Gasteiger partial charge in [0, 0.05) is 37.0 Å². The number of H-pyrrole nitrogens is 1. The van der Waals surface area contributed by atoms with Gasteiger partial charge in [-0.2, -0.15) is 5.10 Å². The summed E-state index contributed by atoms with van der Waals surface area (Å²) in [6.45, 7) is 5.83. The molecule has 0 amide bonds. The first kappa shape index (κ1) is 15.3. The minimum atomic E-state index is -0.230. The number of fused-ring (bicyclic) bond motifs is 1. The van der Waals surface area contributed by atoms with E-state index in [1.807, 2.05) is 12.3 Å². The van der Waals surface area contributed by atoms with E-state index < -0.39 is 0 Å². The van der Waals surface area contributed by atoms with Crippen molar-refractivity contribution < 1.29 is 4.39 Å². The molecule has 24 heavy (non-hydrogen) atoms. The molecule has 5 nitrogen and oxygen atoms in total. The second-order valence-corrected chi connectivity index (χ2v) is 6.49. The fourth-order valence-corrected chi connectivity index (χ4v) is 3.77. The number of nitrogens with one attached hydrogen (secondary N) is 1. The topological polar surface area (TPSA) is 49.7 Å². The summed E-state index contributed by atoms with van der Waals surface area (Å²) >= 11 is 0. The number of aryl methyl sites for hydroxylation is 1. The summed E-state index contributed by atoms with van der Waals surface area (Å²) in [7, 11) is 0. The first-order valence-electron chi connectivity index (χ1n) is 8.61. The van der Waals surface area contributed by atoms with Crippen molar-refractivity contribution in [3.63, 3.8) is 0 Å². The highest BCUT2D eigenvalue weighted by Gasteiger charge is 2.23. The number of piperidine rings is 1. The summed E-state index contributed by atoms with van der Waals surface area (Å²) < 4.78 is 15.7. The number of nitrogens with zero attached hydrogens (tertiary/aromatic N) is 4. The monoisotopic (exact) mass is 327 g/mol. The fourth-order valence-electron chi connectivity index (χ4n) is 3.77. The second kappa shape index (κ2) is 6.36. The third kappa shape index (κ3) is 2.82. The predicted molar refractivity (Wildman–Crippen MR) is 91.2 cm³/mol. The third-order valence-corrected chi connectivity index (χ3v) is 4.94. The van der Waals surface area contributed by atoms with Crippen LogP contribution in [0.25, 0.3) is 11.0 Å². The molecule has 1 aromatic carbocycles. The van der Waals surface area contributed by atoms with Crippen molar-refractivity contribution in [2.75, 3.05) is 13.1 Å². The maximum atomic E-state index is 13.5. The van der Waals surface area contributed by atoms with E-state index in [0.29, 0.717) is 5.92 Å². The molecule has 3 heterocycles. The Labute approximate surface area is 140 Å². The zero-order valence-electron chi connectivity index (χ0n) is 13.9. The maximum Gasteiger partial charge on any atom is 0.125 e. The first-order chi connectivity index (χ1) is 11.7. The van der Waals surface area contributed by atoms with Crippen molar-refractivity contribution in [3.8, 4) is 0 Å². The third-order valence-electron chi connectivity index (χ3n) is 4.94. The summed E-state index contributed by atoms with van der Waals surface area (Å²) in [5.41, 5.74) is 2.97. The van der Waals surface area contributed by atoms with Crippen LogP contribution in [0.3, 0.4) is 0 Å². The molecule has 1 aliphatic rings. The summed E-state index contributed by atoms with van der Waals surface area (Å²) in [5.74, 6) is 1.29. The molecule has 3 aromatic rings. The number of aromatic amines is 1. The van der Waals surface area contributed by atoms with Crippen LogP contribution in [0.15, 0.2) is 30.5 Å². The number of hydrogen-bond donors (Lipinski definition) is 1. The zero-order valence-corrected chi connectivity index (χ0v) is 13.9. The van der Waals surface area contributed by atoms with Crippen molar-refractivity contribution in [2.24, 2.45) is 0 Å². The van der Waals surface area contributed by atoms with Crippen LogP contribution in [-0.2, 0) is 13.1 Å². The lowest BCUT2D eigenvalue weighted by Crippen LogP contribution is -2.34. The van der Waals surface area contributed by atoms with E-state index in [0.717, 1.165) is 43.0 Å². The van der Waals surface area contributed by atoms with Crippen LogP contribution >= 0.6 is 0 Å². The Morgan fingerprint density at radius 1 is 1.33 bits per heavy atom. The largest absolute Gasteiger partial charge is 0.327 e. The Kier molecular flexibility index (Phi) is 4.06. The molecule has 6 heteroatoms. The Bertz CT molecular complexity index is 823. The molecule has 1 fully saturated rings. The van der Waals surface area contributed by atoms with E-state index in [1.54, 1.807) is 0 Å². The van der Waals surface area contributed by atoms with E-state index in [-0.39, 0.29) is 5.82 Å². The van der Waals surface area contributed by atoms with Crippen molar-refractivity contribution in [3.05, 3.63) is 47.8 Å². The number of imidazole rings is 1. The highest BCUT2D eigenvalue weighted by molar-refractivity contribution is 5.76. The molecule has 0 unspecified atom stereocenters. The number of aromatic nitrogens is 4. The van der Waals surface area contributed by atoms with E-state index >= 15 is 0 Å². The lowest BCUT2D eigenvalue weighted by molar-refractivity contribution is 0.192. The smallest absolute Gasteiger partial charge is 0.125 e. The van der Waals surface area contributed by atoms with Gasteiger partial charge in [-0.05, 0) is 44.5 Å². The molecule has 1 saturated heterocycles. The van der Waals surface area contributed by atoms with Crippen LogP contribution in [0, 0.1) is 5.82 Å². The standard InChI is InChI=1S/C18H22FN5/c1-2-24-17-6-5-14(19)10-16(17)21-18(24)12-23-9-3-4-13(11-23)15-7-8-20-22-15/h5-8,10,13H,2-4,9,11-12H2,1H3,(H,20,22)/t13-/m1/s1. The van der Waals surface area contributed by atoms with Gasteiger partial charge >= 0.3 is 0 Å².